The highest BCUT2D eigenvalue weighted by Gasteiger charge is 2.33. The molecular weight excluding hydrogens is 552 g/mol. The van der Waals surface area contributed by atoms with Gasteiger partial charge >= 0.3 is 5.97 Å². The van der Waals surface area contributed by atoms with Crippen molar-refractivity contribution >= 4 is 33.7 Å². The predicted molar refractivity (Wildman–Crippen MR) is 159 cm³/mol. The number of nitrogens with one attached hydrogen (secondary N) is 2. The smallest absolute Gasteiger partial charge is 0.315 e. The molecular formula is C33H28N2O6S. The Hall–Kier alpha value is -5.02. The van der Waals surface area contributed by atoms with Crippen LogP contribution in [-0.2, 0) is 25.8 Å². The van der Waals surface area contributed by atoms with Gasteiger partial charge in [-0.3, -0.25) is 14.4 Å². The fourth-order valence-electron chi connectivity index (χ4n) is 4.57. The van der Waals surface area contributed by atoms with E-state index in [-0.39, 0.29) is 41.2 Å². The van der Waals surface area contributed by atoms with Gasteiger partial charge in [0.25, 0.3) is 11.8 Å². The highest BCUT2D eigenvalue weighted by molar-refractivity contribution is 7.96. The zero-order valence-corrected chi connectivity index (χ0v) is 23.4. The number of hydrogen-bond acceptors (Lipinski definition) is 6. The largest absolute Gasteiger partial charge is 0.426 e. The summed E-state index contributed by atoms with van der Waals surface area (Å²) in [6.07, 6.45) is 1.94. The Balaban J connectivity index is 1.11. The van der Waals surface area contributed by atoms with E-state index in [0.717, 1.165) is 16.7 Å². The second-order valence-electron chi connectivity index (χ2n) is 9.63. The van der Waals surface area contributed by atoms with Crippen LogP contribution < -0.4 is 15.4 Å². The molecule has 0 radical (unpaired) electrons. The van der Waals surface area contributed by atoms with Crippen molar-refractivity contribution in [1.82, 2.24) is 10.6 Å². The molecule has 0 bridgehead atoms. The van der Waals surface area contributed by atoms with Crippen molar-refractivity contribution in [2.24, 2.45) is 0 Å². The fourth-order valence-corrected chi connectivity index (χ4v) is 6.10. The molecule has 0 saturated carbocycles. The number of hydrogen-bond donors (Lipinski definition) is 2. The molecule has 0 unspecified atom stereocenters. The molecule has 8 nitrogen and oxygen atoms in total. The molecule has 4 aromatic rings. The number of esters is 1. The molecule has 0 saturated heterocycles. The quantitative estimate of drug-likeness (QED) is 0.161. The number of rotatable bonds is 10. The third-order valence-electron chi connectivity index (χ3n) is 6.69. The molecule has 5 rings (SSSR count). The number of carbonyl (C=O) groups is 3. The minimum absolute atomic E-state index is 0.126. The summed E-state index contributed by atoms with van der Waals surface area (Å²) in [5.41, 5.74) is 3.32. The predicted octanol–water partition coefficient (Wildman–Crippen LogP) is 4.57. The first kappa shape index (κ1) is 28.5. The lowest BCUT2D eigenvalue weighted by atomic mass is 10.0. The van der Waals surface area contributed by atoms with Gasteiger partial charge in [-0.05, 0) is 53.5 Å². The van der Waals surface area contributed by atoms with Crippen LogP contribution in [0.3, 0.4) is 0 Å². The molecule has 0 aromatic heterocycles. The number of ether oxygens (including phenoxy) is 1. The monoisotopic (exact) mass is 580 g/mol. The summed E-state index contributed by atoms with van der Waals surface area (Å²) in [6.45, 7) is 0.480. The van der Waals surface area contributed by atoms with Crippen LogP contribution in [0.4, 0.5) is 0 Å². The Morgan fingerprint density at radius 3 is 2.07 bits per heavy atom. The summed E-state index contributed by atoms with van der Waals surface area (Å²) >= 11 is 0. The summed E-state index contributed by atoms with van der Waals surface area (Å²) < 4.78 is 30.9. The third-order valence-corrected chi connectivity index (χ3v) is 8.53. The van der Waals surface area contributed by atoms with Crippen molar-refractivity contribution in [3.8, 4) is 16.9 Å². The molecule has 2 N–H and O–H groups in total. The maximum absolute atomic E-state index is 12.6. The first-order chi connectivity index (χ1) is 20.3. The number of benzene rings is 4. The maximum atomic E-state index is 12.6. The van der Waals surface area contributed by atoms with Gasteiger partial charge in [-0.1, -0.05) is 78.9 Å². The minimum Gasteiger partial charge on any atom is -0.426 e. The van der Waals surface area contributed by atoms with Crippen molar-refractivity contribution in [1.29, 1.82) is 0 Å². The minimum atomic E-state index is -3.83. The van der Waals surface area contributed by atoms with Gasteiger partial charge in [0.05, 0.1) is 11.3 Å². The van der Waals surface area contributed by atoms with Crippen molar-refractivity contribution in [2.75, 3.05) is 13.1 Å². The number of amides is 2. The number of sulfone groups is 1. The van der Waals surface area contributed by atoms with Gasteiger partial charge in [-0.25, -0.2) is 8.42 Å². The second-order valence-corrected chi connectivity index (χ2v) is 11.5. The maximum Gasteiger partial charge on any atom is 0.315 e. The molecule has 1 aliphatic rings. The second kappa shape index (κ2) is 12.7. The van der Waals surface area contributed by atoms with Gasteiger partial charge in [0.2, 0.25) is 9.84 Å². The Kier molecular flexibility index (Phi) is 8.59. The molecule has 2 amide bonds. The van der Waals surface area contributed by atoms with Crippen LogP contribution in [0, 0.1) is 0 Å². The third kappa shape index (κ3) is 6.47. The fraction of sp³-hybridized carbons (Fsp3) is 0.121. The van der Waals surface area contributed by atoms with E-state index >= 15 is 0 Å². The molecule has 0 fully saturated rings. The van der Waals surface area contributed by atoms with Crippen molar-refractivity contribution in [3.05, 3.63) is 125 Å². The summed E-state index contributed by atoms with van der Waals surface area (Å²) in [5, 5.41) is 5.41. The van der Waals surface area contributed by atoms with Gasteiger partial charge in [-0.15, -0.1) is 0 Å². The zero-order valence-electron chi connectivity index (χ0n) is 22.6. The standard InChI is InChI=1S/C33H28N2O6S/c36-31(21-23-9-2-1-3-10-23)41-28-13-6-5-12-27(28)24-15-17-25(18-16-24)32(37)34-19-8-20-35-33(38)30-22-26-11-4-7-14-29(26)42(30,39)40/h1-7,9-18,22H,8,19-21H2,(H,34,37)(H,35,38). The molecule has 0 aliphatic carbocycles. The van der Waals surface area contributed by atoms with E-state index in [1.54, 1.807) is 54.6 Å². The molecule has 42 heavy (non-hydrogen) atoms. The lowest BCUT2D eigenvalue weighted by Crippen LogP contribution is -2.31. The van der Waals surface area contributed by atoms with Crippen LogP contribution in [0.5, 0.6) is 5.75 Å². The Bertz CT molecular complexity index is 1760. The normalized spacial score (nSPS) is 13.0. The van der Waals surface area contributed by atoms with Crippen LogP contribution in [0.2, 0.25) is 0 Å². The van der Waals surface area contributed by atoms with Crippen molar-refractivity contribution < 1.29 is 27.5 Å². The van der Waals surface area contributed by atoms with Crippen molar-refractivity contribution in [2.45, 2.75) is 17.7 Å². The highest BCUT2D eigenvalue weighted by Crippen LogP contribution is 2.32. The Morgan fingerprint density at radius 1 is 0.690 bits per heavy atom. The number of fused-ring (bicyclic) bond motifs is 1. The van der Waals surface area contributed by atoms with E-state index in [0.29, 0.717) is 23.3 Å². The topological polar surface area (TPSA) is 119 Å². The zero-order chi connectivity index (χ0) is 29.5. The Labute approximate surface area is 244 Å². The van der Waals surface area contributed by atoms with Crippen LogP contribution in [0.15, 0.2) is 113 Å². The summed E-state index contributed by atoms with van der Waals surface area (Å²) in [4.78, 5) is 37.5. The van der Waals surface area contributed by atoms with E-state index in [1.807, 2.05) is 42.5 Å². The molecule has 4 aromatic carbocycles. The lowest BCUT2D eigenvalue weighted by molar-refractivity contribution is -0.133. The van der Waals surface area contributed by atoms with Gasteiger partial charge in [0, 0.05) is 24.2 Å². The first-order valence-corrected chi connectivity index (χ1v) is 14.9. The van der Waals surface area contributed by atoms with E-state index in [1.165, 1.54) is 12.1 Å². The molecule has 0 atom stereocenters. The molecule has 0 spiro atoms. The van der Waals surface area contributed by atoms with E-state index in [2.05, 4.69) is 10.6 Å². The molecule has 1 heterocycles. The SMILES string of the molecule is O=C(Cc1ccccc1)Oc1ccccc1-c1ccc(C(=O)NCCCNC(=O)C2=Cc3ccccc3S2(=O)=O)cc1. The number of carbonyl (C=O) groups excluding carboxylic acids is 3. The molecule has 212 valence electrons. The first-order valence-electron chi connectivity index (χ1n) is 13.4. The van der Waals surface area contributed by atoms with Crippen molar-refractivity contribution in [3.63, 3.8) is 0 Å². The van der Waals surface area contributed by atoms with E-state index in [9.17, 15) is 22.8 Å². The van der Waals surface area contributed by atoms with Crippen LogP contribution in [-0.4, -0.2) is 39.3 Å². The molecule has 1 aliphatic heterocycles. The Morgan fingerprint density at radius 2 is 1.33 bits per heavy atom. The number of para-hydroxylation sites is 1. The van der Waals surface area contributed by atoms with Gasteiger partial charge < -0.3 is 15.4 Å². The van der Waals surface area contributed by atoms with E-state index < -0.39 is 15.7 Å². The lowest BCUT2D eigenvalue weighted by Gasteiger charge is -2.11. The summed E-state index contributed by atoms with van der Waals surface area (Å²) in [5.74, 6) is -0.888. The summed E-state index contributed by atoms with van der Waals surface area (Å²) in [6, 6.07) is 30.0. The van der Waals surface area contributed by atoms with Gasteiger partial charge in [-0.2, -0.15) is 0 Å². The van der Waals surface area contributed by atoms with Crippen LogP contribution >= 0.6 is 0 Å². The van der Waals surface area contributed by atoms with Crippen LogP contribution in [0.1, 0.15) is 27.9 Å². The van der Waals surface area contributed by atoms with Gasteiger partial charge in [0.1, 0.15) is 10.7 Å². The summed E-state index contributed by atoms with van der Waals surface area (Å²) in [7, 11) is -3.83. The average molecular weight is 581 g/mol. The van der Waals surface area contributed by atoms with Gasteiger partial charge in [0.15, 0.2) is 0 Å². The van der Waals surface area contributed by atoms with Crippen LogP contribution in [0.25, 0.3) is 17.2 Å². The molecule has 9 heteroatoms. The highest BCUT2D eigenvalue weighted by atomic mass is 32.2. The van der Waals surface area contributed by atoms with E-state index in [4.69, 9.17) is 4.74 Å². The average Bonchev–Trinajstić information content (AvgIpc) is 3.28.